The zero-order valence-electron chi connectivity index (χ0n) is 14.6. The van der Waals surface area contributed by atoms with E-state index < -0.39 is 0 Å². The van der Waals surface area contributed by atoms with Crippen LogP contribution in [0.2, 0.25) is 0 Å². The van der Waals surface area contributed by atoms with Crippen LogP contribution >= 0.6 is 11.8 Å². The highest BCUT2D eigenvalue weighted by atomic mass is 32.2. The van der Waals surface area contributed by atoms with Crippen molar-refractivity contribution in [1.82, 2.24) is 0 Å². The van der Waals surface area contributed by atoms with Gasteiger partial charge in [0.25, 0.3) is 0 Å². The number of amidine groups is 1. The molecule has 0 unspecified atom stereocenters. The first-order chi connectivity index (χ1) is 12.2. The van der Waals surface area contributed by atoms with Crippen molar-refractivity contribution >= 4 is 28.8 Å². The van der Waals surface area contributed by atoms with Crippen molar-refractivity contribution in [1.29, 1.82) is 0 Å². The predicted molar refractivity (Wildman–Crippen MR) is 110 cm³/mol. The Hall–Kier alpha value is -2.27. The zero-order chi connectivity index (χ0) is 17.5. The Bertz CT molecular complexity index is 750. The van der Waals surface area contributed by atoms with E-state index in [4.69, 9.17) is 5.73 Å². The number of anilines is 1. The minimum Gasteiger partial charge on any atom is -0.377 e. The molecular weight excluding hydrogens is 328 g/mol. The van der Waals surface area contributed by atoms with Crippen LogP contribution in [0.15, 0.2) is 58.7 Å². The molecule has 0 aromatic heterocycles. The highest BCUT2D eigenvalue weighted by Gasteiger charge is 2.12. The Labute approximate surface area is 153 Å². The minimum absolute atomic E-state index is 0.478. The van der Waals surface area contributed by atoms with Gasteiger partial charge in [0.2, 0.25) is 0 Å². The van der Waals surface area contributed by atoms with Crippen molar-refractivity contribution in [2.75, 3.05) is 18.0 Å². The number of benzene rings is 2. The first-order valence-corrected chi connectivity index (χ1v) is 9.60. The van der Waals surface area contributed by atoms with Gasteiger partial charge in [0.1, 0.15) is 0 Å². The number of nitrogens with zero attached hydrogens (tertiary/aromatic N) is 3. The maximum atomic E-state index is 5.92. The lowest BCUT2D eigenvalue weighted by Crippen LogP contribution is -2.17. The van der Waals surface area contributed by atoms with E-state index in [0.717, 1.165) is 24.4 Å². The van der Waals surface area contributed by atoms with Crippen LogP contribution in [-0.4, -0.2) is 24.5 Å². The summed E-state index contributed by atoms with van der Waals surface area (Å²) in [6, 6.07) is 16.7. The van der Waals surface area contributed by atoms with Crippen molar-refractivity contribution in [2.45, 2.75) is 25.5 Å². The number of nitrogens with two attached hydrogens (primary N) is 1. The second kappa shape index (κ2) is 8.72. The van der Waals surface area contributed by atoms with Crippen LogP contribution in [0, 0.1) is 6.92 Å². The van der Waals surface area contributed by atoms with Crippen LogP contribution in [0.3, 0.4) is 0 Å². The summed E-state index contributed by atoms with van der Waals surface area (Å²) in [6.45, 7) is 4.43. The third kappa shape index (κ3) is 5.10. The van der Waals surface area contributed by atoms with E-state index in [1.165, 1.54) is 41.4 Å². The fourth-order valence-corrected chi connectivity index (χ4v) is 3.50. The molecule has 130 valence electrons. The molecule has 5 heteroatoms. The number of rotatable bonds is 5. The number of hydrogen-bond donors (Lipinski definition) is 1. The van der Waals surface area contributed by atoms with E-state index in [9.17, 15) is 0 Å². The van der Waals surface area contributed by atoms with Gasteiger partial charge in [-0.05, 0) is 48.6 Å². The Morgan fingerprint density at radius 2 is 1.92 bits per heavy atom. The quantitative estimate of drug-likeness (QED) is 0.499. The maximum Gasteiger partial charge on any atom is 0.180 e. The van der Waals surface area contributed by atoms with E-state index in [1.54, 1.807) is 6.21 Å². The highest BCUT2D eigenvalue weighted by Crippen LogP contribution is 2.22. The van der Waals surface area contributed by atoms with Gasteiger partial charge in [-0.2, -0.15) is 5.10 Å². The fraction of sp³-hybridized carbons (Fsp3) is 0.300. The first kappa shape index (κ1) is 17.5. The van der Waals surface area contributed by atoms with E-state index >= 15 is 0 Å². The monoisotopic (exact) mass is 352 g/mol. The molecule has 2 aromatic carbocycles. The van der Waals surface area contributed by atoms with Crippen LogP contribution in [0.4, 0.5) is 5.69 Å². The molecule has 2 aromatic rings. The molecule has 1 heterocycles. The highest BCUT2D eigenvalue weighted by molar-refractivity contribution is 8.13. The Balaban J connectivity index is 1.57. The van der Waals surface area contributed by atoms with E-state index in [1.807, 2.05) is 18.2 Å². The third-order valence-electron chi connectivity index (χ3n) is 4.31. The summed E-state index contributed by atoms with van der Waals surface area (Å²) in [4.78, 5) is 2.43. The lowest BCUT2D eigenvalue weighted by molar-refractivity contribution is 0.949. The summed E-state index contributed by atoms with van der Waals surface area (Å²) in [7, 11) is 0. The molecule has 1 aliphatic rings. The van der Waals surface area contributed by atoms with Crippen molar-refractivity contribution in [3.8, 4) is 0 Å². The van der Waals surface area contributed by atoms with Gasteiger partial charge < -0.3 is 10.6 Å². The van der Waals surface area contributed by atoms with E-state index in [0.29, 0.717) is 5.17 Å². The van der Waals surface area contributed by atoms with E-state index in [-0.39, 0.29) is 0 Å². The normalized spacial score (nSPS) is 15.2. The number of thioether (sulfide) groups is 1. The molecule has 0 bridgehead atoms. The SMILES string of the molecule is Cc1cc(N2CCCC2)ccc1C=NN=C(N)SCc1ccccc1. The van der Waals surface area contributed by atoms with Gasteiger partial charge in [-0.15, -0.1) is 5.10 Å². The molecule has 1 saturated heterocycles. The standard InChI is InChI=1S/C20H24N4S/c1-16-13-19(24-11-5-6-12-24)10-9-18(16)14-22-23-20(21)25-15-17-7-3-2-4-8-17/h2-4,7-10,13-14H,5-6,11-12,15H2,1H3,(H2,21,23). The van der Waals surface area contributed by atoms with Gasteiger partial charge in [0.15, 0.2) is 5.17 Å². The van der Waals surface area contributed by atoms with Gasteiger partial charge in [-0.3, -0.25) is 0 Å². The first-order valence-electron chi connectivity index (χ1n) is 8.61. The van der Waals surface area contributed by atoms with Gasteiger partial charge in [0.05, 0.1) is 6.21 Å². The summed E-state index contributed by atoms with van der Waals surface area (Å²) in [5, 5.41) is 8.72. The summed E-state index contributed by atoms with van der Waals surface area (Å²) in [6.07, 6.45) is 4.35. The molecule has 1 fully saturated rings. The maximum absolute atomic E-state index is 5.92. The lowest BCUT2D eigenvalue weighted by atomic mass is 10.1. The molecule has 0 atom stereocenters. The second-order valence-corrected chi connectivity index (χ2v) is 7.19. The Morgan fingerprint density at radius 3 is 2.64 bits per heavy atom. The van der Waals surface area contributed by atoms with Crippen LogP contribution in [-0.2, 0) is 5.75 Å². The summed E-state index contributed by atoms with van der Waals surface area (Å²) < 4.78 is 0. The molecule has 0 amide bonds. The van der Waals surface area contributed by atoms with Gasteiger partial charge in [-0.25, -0.2) is 0 Å². The molecule has 0 aliphatic carbocycles. The molecule has 0 spiro atoms. The Morgan fingerprint density at radius 1 is 1.16 bits per heavy atom. The molecule has 0 radical (unpaired) electrons. The van der Waals surface area contributed by atoms with Crippen molar-refractivity contribution < 1.29 is 0 Å². The topological polar surface area (TPSA) is 54.0 Å². The predicted octanol–water partition coefficient (Wildman–Crippen LogP) is 4.18. The van der Waals surface area contributed by atoms with Crippen LogP contribution in [0.5, 0.6) is 0 Å². The van der Waals surface area contributed by atoms with Gasteiger partial charge in [0, 0.05) is 24.5 Å². The molecule has 25 heavy (non-hydrogen) atoms. The molecule has 0 saturated carbocycles. The van der Waals surface area contributed by atoms with Gasteiger partial charge in [-0.1, -0.05) is 48.2 Å². The van der Waals surface area contributed by atoms with Crippen LogP contribution < -0.4 is 10.6 Å². The number of hydrogen-bond acceptors (Lipinski definition) is 4. The van der Waals surface area contributed by atoms with Crippen molar-refractivity contribution in [3.63, 3.8) is 0 Å². The molecule has 1 aliphatic heterocycles. The molecule has 2 N–H and O–H groups in total. The average Bonchev–Trinajstić information content (AvgIpc) is 3.17. The smallest absolute Gasteiger partial charge is 0.180 e. The third-order valence-corrected chi connectivity index (χ3v) is 5.16. The second-order valence-electron chi connectivity index (χ2n) is 6.19. The average molecular weight is 353 g/mol. The minimum atomic E-state index is 0.478. The summed E-state index contributed by atoms with van der Waals surface area (Å²) in [5.41, 5.74) is 10.7. The fourth-order valence-electron chi connectivity index (χ4n) is 2.89. The number of aryl methyl sites for hydroxylation is 1. The van der Waals surface area contributed by atoms with Crippen molar-refractivity contribution in [3.05, 3.63) is 65.2 Å². The van der Waals surface area contributed by atoms with Gasteiger partial charge >= 0.3 is 0 Å². The largest absolute Gasteiger partial charge is 0.377 e. The van der Waals surface area contributed by atoms with Crippen molar-refractivity contribution in [2.24, 2.45) is 15.9 Å². The zero-order valence-corrected chi connectivity index (χ0v) is 15.4. The van der Waals surface area contributed by atoms with E-state index in [2.05, 4.69) is 52.4 Å². The molecule has 3 rings (SSSR count). The summed E-state index contributed by atoms with van der Waals surface area (Å²) >= 11 is 1.50. The molecule has 4 nitrogen and oxygen atoms in total. The Kier molecular flexibility index (Phi) is 6.12. The van der Waals surface area contributed by atoms with Crippen LogP contribution in [0.25, 0.3) is 0 Å². The molecular formula is C20H24N4S. The summed E-state index contributed by atoms with van der Waals surface area (Å²) in [5.74, 6) is 0.801. The lowest BCUT2D eigenvalue weighted by Gasteiger charge is -2.18. The van der Waals surface area contributed by atoms with Crippen LogP contribution in [0.1, 0.15) is 29.5 Å².